The van der Waals surface area contributed by atoms with E-state index in [9.17, 15) is 17.4 Å². The molecule has 108 valence electrons. The highest BCUT2D eigenvalue weighted by molar-refractivity contribution is 7.84. The SMILES string of the molecule is CC(C)C(C)S(=O)Cc1ccc(N)cc1C(F)(F)F. The second kappa shape index (κ2) is 5.94. The van der Waals surface area contributed by atoms with Gasteiger partial charge in [0.25, 0.3) is 0 Å². The zero-order chi connectivity index (χ0) is 14.8. The van der Waals surface area contributed by atoms with E-state index in [0.717, 1.165) is 6.07 Å². The second-order valence-corrected chi connectivity index (χ2v) is 6.68. The third-order valence-electron chi connectivity index (χ3n) is 3.09. The fraction of sp³-hybridized carbons (Fsp3) is 0.538. The second-order valence-electron chi connectivity index (χ2n) is 4.89. The van der Waals surface area contributed by atoms with E-state index >= 15 is 0 Å². The average molecular weight is 293 g/mol. The number of rotatable bonds is 4. The minimum absolute atomic E-state index is 0.0348. The van der Waals surface area contributed by atoms with Crippen molar-refractivity contribution in [1.82, 2.24) is 0 Å². The molecule has 0 aromatic heterocycles. The first-order chi connectivity index (χ1) is 8.62. The number of anilines is 1. The van der Waals surface area contributed by atoms with Gasteiger partial charge in [-0.1, -0.05) is 26.8 Å². The minimum atomic E-state index is -4.48. The van der Waals surface area contributed by atoms with Crippen molar-refractivity contribution in [3.05, 3.63) is 29.3 Å². The van der Waals surface area contributed by atoms with Gasteiger partial charge in [0.2, 0.25) is 0 Å². The lowest BCUT2D eigenvalue weighted by molar-refractivity contribution is -0.138. The normalized spacial score (nSPS) is 15.5. The van der Waals surface area contributed by atoms with Crippen LogP contribution in [-0.2, 0) is 22.7 Å². The fourth-order valence-corrected chi connectivity index (χ4v) is 3.00. The Bertz CT molecular complexity index is 471. The Hall–Kier alpha value is -1.04. The molecule has 2 N–H and O–H groups in total. The molecule has 0 aliphatic heterocycles. The molecule has 0 saturated carbocycles. The van der Waals surface area contributed by atoms with E-state index in [-0.39, 0.29) is 28.2 Å². The van der Waals surface area contributed by atoms with Gasteiger partial charge in [-0.3, -0.25) is 4.21 Å². The standard InChI is InChI=1S/C13H18F3NOS/c1-8(2)9(3)19(18)7-10-4-5-11(17)6-12(10)13(14,15)16/h4-6,8-9H,7,17H2,1-3H3. The zero-order valence-corrected chi connectivity index (χ0v) is 11.9. The first-order valence-corrected chi connectivity index (χ1v) is 7.34. The monoisotopic (exact) mass is 293 g/mol. The molecule has 1 aromatic carbocycles. The van der Waals surface area contributed by atoms with Crippen LogP contribution < -0.4 is 5.73 Å². The first-order valence-electron chi connectivity index (χ1n) is 5.95. The maximum absolute atomic E-state index is 12.9. The number of hydrogen-bond acceptors (Lipinski definition) is 2. The minimum Gasteiger partial charge on any atom is -0.399 e. The van der Waals surface area contributed by atoms with Gasteiger partial charge in [0.05, 0.1) is 5.56 Å². The Morgan fingerprint density at radius 2 is 1.84 bits per heavy atom. The highest BCUT2D eigenvalue weighted by Gasteiger charge is 2.34. The van der Waals surface area contributed by atoms with Crippen LogP contribution >= 0.6 is 0 Å². The summed E-state index contributed by atoms with van der Waals surface area (Å²) in [4.78, 5) is 0. The van der Waals surface area contributed by atoms with Gasteiger partial charge in [-0.2, -0.15) is 13.2 Å². The summed E-state index contributed by atoms with van der Waals surface area (Å²) in [6.07, 6.45) is -4.48. The number of nitrogen functional groups attached to an aromatic ring is 1. The summed E-state index contributed by atoms with van der Waals surface area (Å²) in [6.45, 7) is 5.58. The highest BCUT2D eigenvalue weighted by Crippen LogP contribution is 2.34. The molecule has 2 atom stereocenters. The molecule has 0 aliphatic rings. The van der Waals surface area contributed by atoms with Gasteiger partial charge in [-0.05, 0) is 23.6 Å². The van der Waals surface area contributed by atoms with Crippen LogP contribution in [0.4, 0.5) is 18.9 Å². The molecule has 1 aromatic rings. The van der Waals surface area contributed by atoms with E-state index in [2.05, 4.69) is 0 Å². The van der Waals surface area contributed by atoms with Crippen molar-refractivity contribution >= 4 is 16.5 Å². The molecule has 0 saturated heterocycles. The molecule has 0 amide bonds. The smallest absolute Gasteiger partial charge is 0.399 e. The van der Waals surface area contributed by atoms with Crippen LogP contribution in [-0.4, -0.2) is 9.46 Å². The summed E-state index contributed by atoms with van der Waals surface area (Å²) in [5.74, 6) is 0.0537. The lowest BCUT2D eigenvalue weighted by Crippen LogP contribution is -2.20. The summed E-state index contributed by atoms with van der Waals surface area (Å²) in [5, 5.41) is -0.154. The maximum atomic E-state index is 12.9. The third-order valence-corrected chi connectivity index (χ3v) is 5.06. The number of benzene rings is 1. The molecule has 19 heavy (non-hydrogen) atoms. The van der Waals surface area contributed by atoms with E-state index < -0.39 is 22.5 Å². The summed E-state index contributed by atoms with van der Waals surface area (Å²) >= 11 is 0. The largest absolute Gasteiger partial charge is 0.416 e. The number of nitrogens with two attached hydrogens (primary N) is 1. The molecule has 0 aliphatic carbocycles. The average Bonchev–Trinajstić information content (AvgIpc) is 2.28. The lowest BCUT2D eigenvalue weighted by atomic mass is 10.1. The summed E-state index contributed by atoms with van der Waals surface area (Å²) < 4.78 is 50.7. The maximum Gasteiger partial charge on any atom is 0.416 e. The molecule has 0 fully saturated rings. The summed E-state index contributed by atoms with van der Waals surface area (Å²) in [6, 6.07) is 3.61. The van der Waals surface area contributed by atoms with E-state index in [1.165, 1.54) is 12.1 Å². The summed E-state index contributed by atoms with van der Waals surface area (Å²) in [5.41, 5.74) is 4.68. The number of alkyl halides is 3. The molecular weight excluding hydrogens is 275 g/mol. The molecule has 2 nitrogen and oxygen atoms in total. The van der Waals surface area contributed by atoms with E-state index in [1.807, 2.05) is 13.8 Å². The van der Waals surface area contributed by atoms with Crippen LogP contribution in [0, 0.1) is 5.92 Å². The predicted octanol–water partition coefficient (Wildman–Crippen LogP) is 3.58. The molecular formula is C13H18F3NOS. The van der Waals surface area contributed by atoms with Crippen molar-refractivity contribution in [2.24, 2.45) is 5.92 Å². The van der Waals surface area contributed by atoms with Crippen LogP contribution in [0.5, 0.6) is 0 Å². The molecule has 1 rings (SSSR count). The van der Waals surface area contributed by atoms with Gasteiger partial charge < -0.3 is 5.73 Å². The molecule has 0 bridgehead atoms. The van der Waals surface area contributed by atoms with Gasteiger partial charge in [0, 0.05) is 27.5 Å². The van der Waals surface area contributed by atoms with E-state index in [1.54, 1.807) is 6.92 Å². The lowest BCUT2D eigenvalue weighted by Gasteiger charge is -2.18. The van der Waals surface area contributed by atoms with Crippen molar-refractivity contribution < 1.29 is 17.4 Å². The Morgan fingerprint density at radius 1 is 1.26 bits per heavy atom. The van der Waals surface area contributed by atoms with Gasteiger partial charge >= 0.3 is 6.18 Å². The number of halogens is 3. The van der Waals surface area contributed by atoms with E-state index in [4.69, 9.17) is 5.73 Å². The predicted molar refractivity (Wildman–Crippen MR) is 72.0 cm³/mol. The van der Waals surface area contributed by atoms with Gasteiger partial charge in [0.1, 0.15) is 0 Å². The Balaban J connectivity index is 3.05. The Kier molecular flexibility index (Phi) is 5.01. The van der Waals surface area contributed by atoms with Crippen molar-refractivity contribution in [1.29, 1.82) is 0 Å². The van der Waals surface area contributed by atoms with Crippen molar-refractivity contribution in [2.45, 2.75) is 38.0 Å². The van der Waals surface area contributed by atoms with Crippen LogP contribution in [0.15, 0.2) is 18.2 Å². The van der Waals surface area contributed by atoms with Gasteiger partial charge in [0.15, 0.2) is 0 Å². The third kappa shape index (κ3) is 4.23. The molecule has 0 heterocycles. The molecule has 6 heteroatoms. The molecule has 2 unspecified atom stereocenters. The quantitative estimate of drug-likeness (QED) is 0.862. The zero-order valence-electron chi connectivity index (χ0n) is 11.1. The van der Waals surface area contributed by atoms with Crippen LogP contribution in [0.2, 0.25) is 0 Å². The highest BCUT2D eigenvalue weighted by atomic mass is 32.2. The van der Waals surface area contributed by atoms with Crippen LogP contribution in [0.1, 0.15) is 31.9 Å². The Morgan fingerprint density at radius 3 is 2.32 bits per heavy atom. The van der Waals surface area contributed by atoms with Gasteiger partial charge in [-0.15, -0.1) is 0 Å². The first kappa shape index (κ1) is 16.0. The van der Waals surface area contributed by atoms with Crippen LogP contribution in [0.25, 0.3) is 0 Å². The van der Waals surface area contributed by atoms with Crippen molar-refractivity contribution in [3.8, 4) is 0 Å². The molecule has 0 radical (unpaired) electrons. The molecule has 0 spiro atoms. The van der Waals surface area contributed by atoms with E-state index in [0.29, 0.717) is 0 Å². The Labute approximate surface area is 113 Å². The topological polar surface area (TPSA) is 43.1 Å². The number of hydrogen-bond donors (Lipinski definition) is 1. The van der Waals surface area contributed by atoms with Crippen molar-refractivity contribution in [2.75, 3.05) is 5.73 Å². The van der Waals surface area contributed by atoms with Crippen molar-refractivity contribution in [3.63, 3.8) is 0 Å². The van der Waals surface area contributed by atoms with Gasteiger partial charge in [-0.25, -0.2) is 0 Å². The summed E-state index contributed by atoms with van der Waals surface area (Å²) in [7, 11) is -1.34. The van der Waals surface area contributed by atoms with Crippen LogP contribution in [0.3, 0.4) is 0 Å². The fourth-order valence-electron chi connectivity index (χ4n) is 1.57.